The second kappa shape index (κ2) is 6.58. The Morgan fingerprint density at radius 1 is 1.00 bits per heavy atom. The topological polar surface area (TPSA) is 35.2 Å². The summed E-state index contributed by atoms with van der Waals surface area (Å²) in [4.78, 5) is 0. The third kappa shape index (κ3) is 3.84. The minimum atomic E-state index is 0.114. The van der Waals surface area contributed by atoms with E-state index in [0.29, 0.717) is 6.61 Å². The SMILES string of the molecule is CCC(N)c1ccc(OCc2cc(C)cc(C)c2)cc1. The second-order valence-electron chi connectivity index (χ2n) is 5.37. The van der Waals surface area contributed by atoms with Gasteiger partial charge in [-0.15, -0.1) is 0 Å². The first-order valence-corrected chi connectivity index (χ1v) is 7.14. The van der Waals surface area contributed by atoms with Gasteiger partial charge in [-0.05, 0) is 43.5 Å². The van der Waals surface area contributed by atoms with Crippen molar-refractivity contribution in [3.05, 3.63) is 64.7 Å². The average molecular weight is 269 g/mol. The van der Waals surface area contributed by atoms with Gasteiger partial charge >= 0.3 is 0 Å². The van der Waals surface area contributed by atoms with Gasteiger partial charge in [-0.2, -0.15) is 0 Å². The van der Waals surface area contributed by atoms with Gasteiger partial charge in [0.05, 0.1) is 0 Å². The van der Waals surface area contributed by atoms with Crippen molar-refractivity contribution < 1.29 is 4.74 Å². The van der Waals surface area contributed by atoms with Crippen molar-refractivity contribution in [2.45, 2.75) is 39.8 Å². The summed E-state index contributed by atoms with van der Waals surface area (Å²) in [5.41, 5.74) is 10.9. The van der Waals surface area contributed by atoms with Gasteiger partial charge in [0, 0.05) is 6.04 Å². The van der Waals surface area contributed by atoms with Crippen molar-refractivity contribution in [1.29, 1.82) is 0 Å². The molecule has 0 aromatic heterocycles. The molecule has 2 nitrogen and oxygen atoms in total. The van der Waals surface area contributed by atoms with Gasteiger partial charge < -0.3 is 10.5 Å². The molecule has 0 saturated carbocycles. The zero-order chi connectivity index (χ0) is 14.5. The molecule has 0 radical (unpaired) electrons. The number of rotatable bonds is 5. The van der Waals surface area contributed by atoms with Crippen LogP contribution in [-0.4, -0.2) is 0 Å². The second-order valence-corrected chi connectivity index (χ2v) is 5.37. The molecular weight excluding hydrogens is 246 g/mol. The van der Waals surface area contributed by atoms with Crippen molar-refractivity contribution in [3.63, 3.8) is 0 Å². The summed E-state index contributed by atoms with van der Waals surface area (Å²) in [7, 11) is 0. The highest BCUT2D eigenvalue weighted by atomic mass is 16.5. The summed E-state index contributed by atoms with van der Waals surface area (Å²) < 4.78 is 5.83. The lowest BCUT2D eigenvalue weighted by molar-refractivity contribution is 0.306. The first-order chi connectivity index (χ1) is 9.58. The van der Waals surface area contributed by atoms with Crippen LogP contribution in [-0.2, 0) is 6.61 Å². The van der Waals surface area contributed by atoms with Gasteiger partial charge in [0.15, 0.2) is 0 Å². The zero-order valence-corrected chi connectivity index (χ0v) is 12.5. The van der Waals surface area contributed by atoms with Gasteiger partial charge in [0.2, 0.25) is 0 Å². The third-order valence-corrected chi connectivity index (χ3v) is 3.44. The van der Waals surface area contributed by atoms with E-state index in [2.05, 4.69) is 39.0 Å². The molecule has 0 aliphatic heterocycles. The van der Waals surface area contributed by atoms with Crippen LogP contribution >= 0.6 is 0 Å². The molecule has 2 N–H and O–H groups in total. The van der Waals surface area contributed by atoms with Crippen molar-refractivity contribution in [2.24, 2.45) is 5.73 Å². The average Bonchev–Trinajstić information content (AvgIpc) is 2.44. The van der Waals surface area contributed by atoms with E-state index in [4.69, 9.17) is 10.5 Å². The molecule has 0 bridgehead atoms. The van der Waals surface area contributed by atoms with Gasteiger partial charge in [0.25, 0.3) is 0 Å². The van der Waals surface area contributed by atoms with Crippen LogP contribution in [0.3, 0.4) is 0 Å². The Morgan fingerprint density at radius 2 is 1.60 bits per heavy atom. The highest BCUT2D eigenvalue weighted by Crippen LogP contribution is 2.19. The van der Waals surface area contributed by atoms with Crippen molar-refractivity contribution in [2.75, 3.05) is 0 Å². The van der Waals surface area contributed by atoms with Crippen LogP contribution in [0.2, 0.25) is 0 Å². The van der Waals surface area contributed by atoms with E-state index >= 15 is 0 Å². The Labute approximate surface area is 121 Å². The maximum absolute atomic E-state index is 6.00. The number of aryl methyl sites for hydroxylation is 2. The van der Waals surface area contributed by atoms with Crippen molar-refractivity contribution >= 4 is 0 Å². The Hall–Kier alpha value is -1.80. The Balaban J connectivity index is 2.00. The molecule has 0 aliphatic carbocycles. The summed E-state index contributed by atoms with van der Waals surface area (Å²) in [6, 6.07) is 14.7. The molecule has 0 heterocycles. The van der Waals surface area contributed by atoms with Crippen LogP contribution < -0.4 is 10.5 Å². The molecule has 0 amide bonds. The Morgan fingerprint density at radius 3 is 2.15 bits per heavy atom. The molecule has 2 aromatic carbocycles. The van der Waals surface area contributed by atoms with Gasteiger partial charge in [-0.1, -0.05) is 48.4 Å². The number of ether oxygens (including phenoxy) is 1. The van der Waals surface area contributed by atoms with Crippen LogP contribution in [0.25, 0.3) is 0 Å². The molecule has 0 spiro atoms. The predicted octanol–water partition coefficient (Wildman–Crippen LogP) is 4.29. The van der Waals surface area contributed by atoms with Crippen LogP contribution in [0.15, 0.2) is 42.5 Å². The van der Waals surface area contributed by atoms with Gasteiger partial charge in [0.1, 0.15) is 12.4 Å². The van der Waals surface area contributed by atoms with E-state index in [-0.39, 0.29) is 6.04 Å². The summed E-state index contributed by atoms with van der Waals surface area (Å²) >= 11 is 0. The van der Waals surface area contributed by atoms with Crippen molar-refractivity contribution in [3.8, 4) is 5.75 Å². The monoisotopic (exact) mass is 269 g/mol. The maximum Gasteiger partial charge on any atom is 0.119 e. The molecule has 0 aliphatic rings. The molecule has 2 rings (SSSR count). The highest BCUT2D eigenvalue weighted by Gasteiger charge is 2.03. The van der Waals surface area contributed by atoms with Crippen molar-refractivity contribution in [1.82, 2.24) is 0 Å². The first kappa shape index (κ1) is 14.6. The fraction of sp³-hybridized carbons (Fsp3) is 0.333. The number of hydrogen-bond donors (Lipinski definition) is 1. The van der Waals surface area contributed by atoms with E-state index in [1.807, 2.05) is 24.3 Å². The fourth-order valence-electron chi connectivity index (χ4n) is 2.37. The van der Waals surface area contributed by atoms with E-state index < -0.39 is 0 Å². The minimum absolute atomic E-state index is 0.114. The lowest BCUT2D eigenvalue weighted by atomic mass is 10.1. The molecule has 0 saturated heterocycles. The van der Waals surface area contributed by atoms with Gasteiger partial charge in [-0.3, -0.25) is 0 Å². The van der Waals surface area contributed by atoms with E-state index in [1.54, 1.807) is 0 Å². The predicted molar refractivity (Wildman–Crippen MR) is 83.9 cm³/mol. The summed E-state index contributed by atoms with van der Waals surface area (Å²) in [5, 5.41) is 0. The first-order valence-electron chi connectivity index (χ1n) is 7.14. The van der Waals surface area contributed by atoms with Crippen LogP contribution in [0.4, 0.5) is 0 Å². The molecule has 1 atom stereocenters. The van der Waals surface area contributed by atoms with E-state index in [0.717, 1.165) is 17.7 Å². The largest absolute Gasteiger partial charge is 0.489 e. The molecule has 106 valence electrons. The third-order valence-electron chi connectivity index (χ3n) is 3.44. The number of benzene rings is 2. The van der Waals surface area contributed by atoms with E-state index in [9.17, 15) is 0 Å². The lowest BCUT2D eigenvalue weighted by Crippen LogP contribution is -2.08. The normalized spacial score (nSPS) is 12.2. The molecular formula is C18H23NO. The van der Waals surface area contributed by atoms with Crippen LogP contribution in [0, 0.1) is 13.8 Å². The Kier molecular flexibility index (Phi) is 4.80. The van der Waals surface area contributed by atoms with Gasteiger partial charge in [-0.25, -0.2) is 0 Å². The molecule has 2 aromatic rings. The minimum Gasteiger partial charge on any atom is -0.489 e. The smallest absolute Gasteiger partial charge is 0.119 e. The molecule has 20 heavy (non-hydrogen) atoms. The standard InChI is InChI=1S/C18H23NO/c1-4-18(19)16-5-7-17(8-6-16)20-12-15-10-13(2)9-14(3)11-15/h5-11,18H,4,12,19H2,1-3H3. The molecule has 0 fully saturated rings. The summed E-state index contributed by atoms with van der Waals surface area (Å²) in [6.07, 6.45) is 0.947. The quantitative estimate of drug-likeness (QED) is 0.878. The highest BCUT2D eigenvalue weighted by molar-refractivity contribution is 5.31. The molecule has 2 heteroatoms. The zero-order valence-electron chi connectivity index (χ0n) is 12.5. The van der Waals surface area contributed by atoms with Crippen LogP contribution in [0.5, 0.6) is 5.75 Å². The van der Waals surface area contributed by atoms with E-state index in [1.165, 1.54) is 16.7 Å². The fourth-order valence-corrected chi connectivity index (χ4v) is 2.37. The summed E-state index contributed by atoms with van der Waals surface area (Å²) in [5.74, 6) is 0.885. The summed E-state index contributed by atoms with van der Waals surface area (Å²) in [6.45, 7) is 6.91. The number of hydrogen-bond acceptors (Lipinski definition) is 2. The van der Waals surface area contributed by atoms with Crippen LogP contribution in [0.1, 0.15) is 41.6 Å². The Bertz CT molecular complexity index is 540. The molecule has 1 unspecified atom stereocenters. The number of nitrogens with two attached hydrogens (primary N) is 1. The maximum atomic E-state index is 6.00. The lowest BCUT2D eigenvalue weighted by Gasteiger charge is -2.11.